The third-order valence-corrected chi connectivity index (χ3v) is 1.04. The molecule has 1 aromatic heterocycles. The molecule has 0 spiro atoms. The highest BCUT2D eigenvalue weighted by atomic mass is 14.7. The van der Waals surface area contributed by atoms with Crippen molar-refractivity contribution < 1.29 is 0 Å². The van der Waals surface area contributed by atoms with E-state index in [2.05, 4.69) is 18.0 Å². The number of rotatable bonds is 1. The average Bonchev–Trinajstić information content (AvgIpc) is 2.63. The summed E-state index contributed by atoms with van der Waals surface area (Å²) in [5, 5.41) is 0. The Morgan fingerprint density at radius 3 is 1.91 bits per heavy atom. The van der Waals surface area contributed by atoms with Crippen LogP contribution in [0.3, 0.4) is 0 Å². The van der Waals surface area contributed by atoms with E-state index in [0.717, 1.165) is 6.42 Å². The van der Waals surface area contributed by atoms with Crippen molar-refractivity contribution in [1.82, 2.24) is 4.98 Å². The third-order valence-electron chi connectivity index (χ3n) is 1.04. The molecule has 11 heavy (non-hydrogen) atoms. The van der Waals surface area contributed by atoms with Crippen LogP contribution in [0.5, 0.6) is 0 Å². The van der Waals surface area contributed by atoms with E-state index in [4.69, 9.17) is 0 Å². The Morgan fingerprint density at radius 2 is 1.73 bits per heavy atom. The molecule has 0 saturated carbocycles. The first-order valence-corrected chi connectivity index (χ1v) is 4.55. The lowest BCUT2D eigenvalue weighted by Crippen LogP contribution is -1.73. The highest BCUT2D eigenvalue weighted by Gasteiger charge is 1.80. The molecule has 0 aliphatic heterocycles. The van der Waals surface area contributed by atoms with Gasteiger partial charge in [0.15, 0.2) is 0 Å². The zero-order valence-electron chi connectivity index (χ0n) is 8.44. The number of aromatic amines is 1. The lowest BCUT2D eigenvalue weighted by atomic mass is 10.4. The van der Waals surface area contributed by atoms with Crippen molar-refractivity contribution in [3.8, 4) is 0 Å². The summed E-state index contributed by atoms with van der Waals surface area (Å²) < 4.78 is 0. The lowest BCUT2D eigenvalue weighted by Gasteiger charge is -1.81. The Kier molecular flexibility index (Phi) is 14.1. The minimum atomic E-state index is 1.10. The molecule has 1 N–H and O–H groups in total. The van der Waals surface area contributed by atoms with E-state index in [-0.39, 0.29) is 0 Å². The van der Waals surface area contributed by atoms with Crippen molar-refractivity contribution >= 4 is 0 Å². The van der Waals surface area contributed by atoms with Gasteiger partial charge in [-0.25, -0.2) is 0 Å². The second-order valence-electron chi connectivity index (χ2n) is 1.55. The summed E-state index contributed by atoms with van der Waals surface area (Å²) in [4.78, 5) is 3.09. The normalized spacial score (nSPS) is 7.00. The topological polar surface area (TPSA) is 15.8 Å². The molecule has 0 bridgehead atoms. The van der Waals surface area contributed by atoms with E-state index in [1.165, 1.54) is 5.69 Å². The Hall–Kier alpha value is -0.720. The number of hydrogen-bond donors (Lipinski definition) is 1. The zero-order chi connectivity index (χ0) is 9.11. The van der Waals surface area contributed by atoms with Crippen molar-refractivity contribution in [3.63, 3.8) is 0 Å². The maximum absolute atomic E-state index is 3.09. The first-order chi connectivity index (χ1) is 5.43. The molecule has 0 amide bonds. The van der Waals surface area contributed by atoms with E-state index in [1.807, 2.05) is 40.0 Å². The molecule has 1 heterocycles. The van der Waals surface area contributed by atoms with Crippen LogP contribution in [-0.4, -0.2) is 4.98 Å². The third kappa shape index (κ3) is 7.17. The van der Waals surface area contributed by atoms with Crippen LogP contribution in [0.25, 0.3) is 0 Å². The molecule has 0 unspecified atom stereocenters. The number of aryl methyl sites for hydroxylation is 1. The molecule has 1 nitrogen and oxygen atoms in total. The summed E-state index contributed by atoms with van der Waals surface area (Å²) in [6.07, 6.45) is 3.05. The van der Waals surface area contributed by atoms with Crippen LogP contribution in [0.15, 0.2) is 18.3 Å². The number of aromatic nitrogens is 1. The zero-order valence-corrected chi connectivity index (χ0v) is 8.44. The predicted molar refractivity (Wildman–Crippen MR) is 52.9 cm³/mol. The molecule has 0 radical (unpaired) electrons. The van der Waals surface area contributed by atoms with E-state index < -0.39 is 0 Å². The summed E-state index contributed by atoms with van der Waals surface area (Å²) in [7, 11) is 0. The Balaban J connectivity index is 0. The maximum Gasteiger partial charge on any atom is 0.0144 e. The summed E-state index contributed by atoms with van der Waals surface area (Å²) >= 11 is 0. The SMILES string of the molecule is CC.CC.CCc1ccc[nH]1. The van der Waals surface area contributed by atoms with Crippen LogP contribution in [0.4, 0.5) is 0 Å². The first-order valence-electron chi connectivity index (χ1n) is 4.55. The first kappa shape index (κ1) is 12.9. The Morgan fingerprint density at radius 1 is 1.18 bits per heavy atom. The van der Waals surface area contributed by atoms with Crippen molar-refractivity contribution in [2.75, 3.05) is 0 Å². The minimum Gasteiger partial charge on any atom is -0.365 e. The molecule has 1 aromatic rings. The summed E-state index contributed by atoms with van der Waals surface area (Å²) in [5.41, 5.74) is 1.31. The summed E-state index contributed by atoms with van der Waals surface area (Å²) in [6, 6.07) is 4.10. The quantitative estimate of drug-likeness (QED) is 0.637. The molecule has 0 aliphatic rings. The maximum atomic E-state index is 3.09. The smallest absolute Gasteiger partial charge is 0.0144 e. The van der Waals surface area contributed by atoms with Crippen LogP contribution in [0, 0.1) is 0 Å². The van der Waals surface area contributed by atoms with Crippen LogP contribution >= 0.6 is 0 Å². The highest BCUT2D eigenvalue weighted by Crippen LogP contribution is 1.92. The van der Waals surface area contributed by atoms with Gasteiger partial charge in [0, 0.05) is 11.9 Å². The number of hydrogen-bond acceptors (Lipinski definition) is 0. The second-order valence-corrected chi connectivity index (χ2v) is 1.55. The van der Waals surface area contributed by atoms with E-state index in [1.54, 1.807) is 0 Å². The van der Waals surface area contributed by atoms with Gasteiger partial charge >= 0.3 is 0 Å². The molecule has 0 fully saturated rings. The molecular formula is C10H21N. The largest absolute Gasteiger partial charge is 0.365 e. The fraction of sp³-hybridized carbons (Fsp3) is 0.600. The van der Waals surface area contributed by atoms with Crippen molar-refractivity contribution in [2.24, 2.45) is 0 Å². The van der Waals surface area contributed by atoms with Crippen molar-refractivity contribution in [3.05, 3.63) is 24.0 Å². The average molecular weight is 155 g/mol. The molecule has 66 valence electrons. The van der Waals surface area contributed by atoms with Gasteiger partial charge in [0.2, 0.25) is 0 Å². The fourth-order valence-electron chi connectivity index (χ4n) is 0.587. The molecule has 0 aliphatic carbocycles. The molecular weight excluding hydrogens is 134 g/mol. The fourth-order valence-corrected chi connectivity index (χ4v) is 0.587. The number of nitrogens with one attached hydrogen (secondary N) is 1. The van der Waals surface area contributed by atoms with Gasteiger partial charge in [0.25, 0.3) is 0 Å². The molecule has 0 aromatic carbocycles. The van der Waals surface area contributed by atoms with Crippen LogP contribution in [-0.2, 0) is 6.42 Å². The van der Waals surface area contributed by atoms with Crippen molar-refractivity contribution in [1.29, 1.82) is 0 Å². The van der Waals surface area contributed by atoms with E-state index in [9.17, 15) is 0 Å². The van der Waals surface area contributed by atoms with E-state index in [0.29, 0.717) is 0 Å². The lowest BCUT2D eigenvalue weighted by molar-refractivity contribution is 1.06. The Labute approximate surface area is 70.8 Å². The van der Waals surface area contributed by atoms with E-state index >= 15 is 0 Å². The molecule has 0 atom stereocenters. The van der Waals surface area contributed by atoms with Gasteiger partial charge < -0.3 is 4.98 Å². The van der Waals surface area contributed by atoms with Gasteiger partial charge in [-0.3, -0.25) is 0 Å². The van der Waals surface area contributed by atoms with Gasteiger partial charge in [0.1, 0.15) is 0 Å². The van der Waals surface area contributed by atoms with Gasteiger partial charge in [-0.05, 0) is 18.6 Å². The second kappa shape index (κ2) is 12.0. The molecule has 1 heteroatoms. The molecule has 1 rings (SSSR count). The van der Waals surface area contributed by atoms with Crippen molar-refractivity contribution in [2.45, 2.75) is 41.0 Å². The van der Waals surface area contributed by atoms with Crippen LogP contribution < -0.4 is 0 Å². The van der Waals surface area contributed by atoms with Crippen LogP contribution in [0.1, 0.15) is 40.3 Å². The van der Waals surface area contributed by atoms with Gasteiger partial charge in [-0.15, -0.1) is 0 Å². The number of H-pyrrole nitrogens is 1. The van der Waals surface area contributed by atoms with Gasteiger partial charge in [-0.1, -0.05) is 34.6 Å². The van der Waals surface area contributed by atoms with Gasteiger partial charge in [0.05, 0.1) is 0 Å². The summed E-state index contributed by atoms with van der Waals surface area (Å²) in [5.74, 6) is 0. The highest BCUT2D eigenvalue weighted by molar-refractivity contribution is 5.02. The predicted octanol–water partition coefficient (Wildman–Crippen LogP) is 3.63. The monoisotopic (exact) mass is 155 g/mol. The Bertz CT molecular complexity index is 119. The van der Waals surface area contributed by atoms with Crippen LogP contribution in [0.2, 0.25) is 0 Å². The minimum absolute atomic E-state index is 1.10. The standard InChI is InChI=1S/C6H9N.2C2H6/c1-2-6-4-3-5-7-6;2*1-2/h3-5,7H,2H2,1H3;2*1-2H3. The molecule has 0 saturated heterocycles. The van der Waals surface area contributed by atoms with Gasteiger partial charge in [-0.2, -0.15) is 0 Å². The summed E-state index contributed by atoms with van der Waals surface area (Å²) in [6.45, 7) is 10.1.